The number of pyridine rings is 1. The number of amides is 1. The molecule has 7 nitrogen and oxygen atoms in total. The number of rotatable bonds is 5. The zero-order valence-electron chi connectivity index (χ0n) is 17.2. The van der Waals surface area contributed by atoms with Gasteiger partial charge in [0.2, 0.25) is 0 Å². The Morgan fingerprint density at radius 1 is 1.19 bits per heavy atom. The number of carbonyl (C=O) groups is 1. The molecule has 32 heavy (non-hydrogen) atoms. The summed E-state index contributed by atoms with van der Waals surface area (Å²) in [5.41, 5.74) is 1.51. The fourth-order valence-corrected chi connectivity index (χ4v) is 4.56. The summed E-state index contributed by atoms with van der Waals surface area (Å²) in [7, 11) is 0. The van der Waals surface area contributed by atoms with Gasteiger partial charge in [-0.25, -0.2) is 9.18 Å². The minimum atomic E-state index is -0.584. The highest BCUT2D eigenvalue weighted by Crippen LogP contribution is 2.19. The highest BCUT2D eigenvalue weighted by Gasteiger charge is 2.18. The average molecular weight is 517 g/mol. The van der Waals surface area contributed by atoms with Gasteiger partial charge in [0.25, 0.3) is 11.5 Å². The Bertz CT molecular complexity index is 1470. The highest BCUT2D eigenvalue weighted by atomic mass is 79.9. The number of benzene rings is 1. The van der Waals surface area contributed by atoms with Crippen LogP contribution in [0.3, 0.4) is 0 Å². The van der Waals surface area contributed by atoms with E-state index in [1.54, 1.807) is 19.2 Å². The molecule has 0 spiro atoms. The third-order valence-corrected chi connectivity index (χ3v) is 6.81. The van der Waals surface area contributed by atoms with Crippen molar-refractivity contribution in [3.8, 4) is 0 Å². The maximum Gasteiger partial charge on any atom is 0.336 e. The second kappa shape index (κ2) is 8.79. The Hall–Kier alpha value is -3.11. The van der Waals surface area contributed by atoms with Crippen molar-refractivity contribution >= 4 is 38.0 Å². The topological polar surface area (TPSA) is 85.5 Å². The summed E-state index contributed by atoms with van der Waals surface area (Å²) in [6, 6.07) is 8.11. The zero-order valence-corrected chi connectivity index (χ0v) is 19.6. The molecule has 1 N–H and O–H groups in total. The molecule has 0 saturated carbocycles. The number of thiazole rings is 1. The van der Waals surface area contributed by atoms with Crippen LogP contribution in [0.5, 0.6) is 0 Å². The van der Waals surface area contributed by atoms with Gasteiger partial charge in [0.05, 0.1) is 11.0 Å². The van der Waals surface area contributed by atoms with Crippen molar-refractivity contribution in [1.82, 2.24) is 19.3 Å². The van der Waals surface area contributed by atoms with Gasteiger partial charge in [-0.05, 0) is 65.2 Å². The van der Waals surface area contributed by atoms with Crippen molar-refractivity contribution in [2.45, 2.75) is 26.9 Å². The SMILES string of the molecule is Cc1cc(CNC(=O)c2cn3c(=O)n(Cc4ccc(Br)c(F)c4)c(=O)c(C)c3s2)ccn1. The normalized spacial score (nSPS) is 11.1. The monoisotopic (exact) mass is 516 g/mol. The number of nitrogens with one attached hydrogen (secondary N) is 1. The van der Waals surface area contributed by atoms with Crippen molar-refractivity contribution in [1.29, 1.82) is 0 Å². The van der Waals surface area contributed by atoms with Crippen molar-refractivity contribution in [3.05, 3.63) is 101 Å². The van der Waals surface area contributed by atoms with Crippen LogP contribution in [0.4, 0.5) is 4.39 Å². The first-order chi connectivity index (χ1) is 15.2. The molecular weight excluding hydrogens is 499 g/mol. The minimum Gasteiger partial charge on any atom is -0.347 e. The van der Waals surface area contributed by atoms with Crippen LogP contribution in [0.2, 0.25) is 0 Å². The highest BCUT2D eigenvalue weighted by molar-refractivity contribution is 9.10. The van der Waals surface area contributed by atoms with Crippen LogP contribution in [0, 0.1) is 19.7 Å². The van der Waals surface area contributed by atoms with Crippen molar-refractivity contribution in [2.24, 2.45) is 0 Å². The Labute approximate surface area is 194 Å². The molecular formula is C22H18BrFN4O3S. The number of aromatic nitrogens is 3. The molecule has 0 bridgehead atoms. The van der Waals surface area contributed by atoms with Gasteiger partial charge < -0.3 is 5.32 Å². The summed E-state index contributed by atoms with van der Waals surface area (Å²) >= 11 is 4.16. The van der Waals surface area contributed by atoms with Crippen LogP contribution in [0.15, 0.2) is 56.8 Å². The summed E-state index contributed by atoms with van der Waals surface area (Å²) in [4.78, 5) is 43.3. The number of carbonyl (C=O) groups excluding carboxylic acids is 1. The standard InChI is InChI=1S/C22H18BrFN4O3S/c1-12-7-14(5-6-25-12)9-26-19(29)18-11-28-21(32-18)13(2)20(30)27(22(28)31)10-15-3-4-16(23)17(24)8-15/h3-8,11H,9-10H2,1-2H3,(H,26,29). The van der Waals surface area contributed by atoms with Crippen LogP contribution < -0.4 is 16.6 Å². The Kier molecular flexibility index (Phi) is 6.07. The summed E-state index contributed by atoms with van der Waals surface area (Å²) in [6.07, 6.45) is 3.10. The molecule has 3 aromatic heterocycles. The van der Waals surface area contributed by atoms with E-state index in [2.05, 4.69) is 26.2 Å². The molecule has 4 rings (SSSR count). The summed E-state index contributed by atoms with van der Waals surface area (Å²) in [5.74, 6) is -0.826. The van der Waals surface area contributed by atoms with Crippen molar-refractivity contribution < 1.29 is 9.18 Å². The maximum atomic E-state index is 13.9. The van der Waals surface area contributed by atoms with Gasteiger partial charge in [-0.1, -0.05) is 6.07 Å². The second-order valence-corrected chi connectivity index (χ2v) is 9.19. The van der Waals surface area contributed by atoms with Gasteiger partial charge in [-0.3, -0.25) is 23.5 Å². The number of hydrogen-bond acceptors (Lipinski definition) is 5. The lowest BCUT2D eigenvalue weighted by Gasteiger charge is -2.08. The molecule has 1 aromatic carbocycles. The molecule has 10 heteroatoms. The maximum absolute atomic E-state index is 13.9. The van der Waals surface area contributed by atoms with Crippen LogP contribution in [-0.2, 0) is 13.1 Å². The van der Waals surface area contributed by atoms with Gasteiger partial charge in [0, 0.05) is 30.2 Å². The molecule has 0 aliphatic heterocycles. The van der Waals surface area contributed by atoms with Gasteiger partial charge in [-0.2, -0.15) is 0 Å². The molecule has 4 aromatic rings. The Balaban J connectivity index is 1.66. The molecule has 0 radical (unpaired) electrons. The molecule has 0 fully saturated rings. The molecule has 0 atom stereocenters. The smallest absolute Gasteiger partial charge is 0.336 e. The van der Waals surface area contributed by atoms with E-state index in [-0.39, 0.29) is 12.5 Å². The number of fused-ring (bicyclic) bond motifs is 1. The van der Waals surface area contributed by atoms with E-state index in [9.17, 15) is 18.8 Å². The zero-order chi connectivity index (χ0) is 23.0. The molecule has 1 amide bonds. The first-order valence-electron chi connectivity index (χ1n) is 9.64. The van der Waals surface area contributed by atoms with Crippen LogP contribution >= 0.6 is 27.3 Å². The molecule has 0 unspecified atom stereocenters. The molecule has 3 heterocycles. The molecule has 0 saturated heterocycles. The summed E-state index contributed by atoms with van der Waals surface area (Å²) in [5, 5.41) is 2.82. The Morgan fingerprint density at radius 2 is 1.97 bits per heavy atom. The van der Waals surface area contributed by atoms with E-state index >= 15 is 0 Å². The number of halogens is 2. The fourth-order valence-electron chi connectivity index (χ4n) is 3.31. The molecule has 0 aliphatic carbocycles. The minimum absolute atomic E-state index is 0.0790. The van der Waals surface area contributed by atoms with E-state index in [1.807, 2.05) is 19.1 Å². The predicted octanol–water partition coefficient (Wildman–Crippen LogP) is 3.41. The lowest BCUT2D eigenvalue weighted by atomic mass is 10.2. The third-order valence-electron chi connectivity index (χ3n) is 4.96. The first kappa shape index (κ1) is 22.1. The van der Waals surface area contributed by atoms with E-state index in [4.69, 9.17) is 0 Å². The fraction of sp³-hybridized carbons (Fsp3) is 0.182. The second-order valence-electron chi connectivity index (χ2n) is 7.31. The molecule has 0 aliphatic rings. The quantitative estimate of drug-likeness (QED) is 0.440. The van der Waals surface area contributed by atoms with Crippen LogP contribution in [-0.4, -0.2) is 19.9 Å². The van der Waals surface area contributed by atoms with Gasteiger partial charge >= 0.3 is 5.69 Å². The molecule has 164 valence electrons. The first-order valence-corrected chi connectivity index (χ1v) is 11.2. The van der Waals surface area contributed by atoms with Crippen molar-refractivity contribution in [2.75, 3.05) is 0 Å². The van der Waals surface area contributed by atoms with E-state index in [1.165, 1.54) is 22.7 Å². The lowest BCUT2D eigenvalue weighted by molar-refractivity contribution is 0.0954. The van der Waals surface area contributed by atoms with E-state index in [0.717, 1.165) is 27.2 Å². The Morgan fingerprint density at radius 3 is 2.69 bits per heavy atom. The number of hydrogen-bond donors (Lipinski definition) is 1. The lowest BCUT2D eigenvalue weighted by Crippen LogP contribution is -2.38. The number of aryl methyl sites for hydroxylation is 2. The number of nitrogens with zero attached hydrogens (tertiary/aromatic N) is 3. The van der Waals surface area contributed by atoms with Gasteiger partial charge in [0.15, 0.2) is 0 Å². The van der Waals surface area contributed by atoms with Gasteiger partial charge in [-0.15, -0.1) is 11.3 Å². The van der Waals surface area contributed by atoms with Crippen molar-refractivity contribution in [3.63, 3.8) is 0 Å². The summed E-state index contributed by atoms with van der Waals surface area (Å²) < 4.78 is 16.5. The van der Waals surface area contributed by atoms with Crippen LogP contribution in [0.1, 0.15) is 32.1 Å². The largest absolute Gasteiger partial charge is 0.347 e. The average Bonchev–Trinajstić information content (AvgIpc) is 3.22. The van der Waals surface area contributed by atoms with Crippen LogP contribution in [0.25, 0.3) is 4.83 Å². The summed E-state index contributed by atoms with van der Waals surface area (Å²) in [6.45, 7) is 3.70. The van der Waals surface area contributed by atoms with E-state index in [0.29, 0.717) is 31.9 Å². The third kappa shape index (κ3) is 4.28. The van der Waals surface area contributed by atoms with Gasteiger partial charge in [0.1, 0.15) is 15.5 Å². The predicted molar refractivity (Wildman–Crippen MR) is 124 cm³/mol. The van der Waals surface area contributed by atoms with E-state index < -0.39 is 17.1 Å².